The number of nitrogens with zero attached hydrogens (tertiary/aromatic N) is 2. The van der Waals surface area contributed by atoms with Crippen LogP contribution in [0.15, 0.2) is 12.1 Å². The van der Waals surface area contributed by atoms with Crippen LogP contribution >= 0.6 is 0 Å². The molecule has 1 aliphatic rings. The van der Waals surface area contributed by atoms with Gasteiger partial charge in [-0.25, -0.2) is 4.79 Å². The number of amides is 2. The van der Waals surface area contributed by atoms with Crippen LogP contribution in [0.3, 0.4) is 0 Å². The zero-order chi connectivity index (χ0) is 20.8. The van der Waals surface area contributed by atoms with Crippen molar-refractivity contribution in [2.75, 3.05) is 13.7 Å². The van der Waals surface area contributed by atoms with Gasteiger partial charge in [-0.15, -0.1) is 5.06 Å². The van der Waals surface area contributed by atoms with Crippen LogP contribution in [-0.4, -0.2) is 47.3 Å². The Labute approximate surface area is 159 Å². The van der Waals surface area contributed by atoms with Crippen molar-refractivity contribution in [2.24, 2.45) is 0 Å². The molecule has 0 saturated carbocycles. The number of imide groups is 1. The van der Waals surface area contributed by atoms with E-state index in [0.29, 0.717) is 5.06 Å². The number of nitro groups is 1. The molecule has 0 bridgehead atoms. The van der Waals surface area contributed by atoms with Gasteiger partial charge in [-0.1, -0.05) is 0 Å². The lowest BCUT2D eigenvalue weighted by Crippen LogP contribution is -2.32. The second kappa shape index (κ2) is 8.93. The molecule has 150 valence electrons. The molecule has 1 saturated heterocycles. The summed E-state index contributed by atoms with van der Waals surface area (Å²) in [5.74, 6) is -2.25. The largest absolute Gasteiger partial charge is 0.493 e. The number of Topliss-reactive ketones (excluding diaryl/α,β-unsaturated/α-hetero) is 1. The van der Waals surface area contributed by atoms with Gasteiger partial charge in [0, 0.05) is 18.9 Å². The molecule has 1 fully saturated rings. The predicted octanol–water partition coefficient (Wildman–Crippen LogP) is 1.57. The maximum absolute atomic E-state index is 11.7. The van der Waals surface area contributed by atoms with Crippen molar-refractivity contribution in [1.82, 2.24) is 5.06 Å². The normalized spacial score (nSPS) is 13.4. The SMILES string of the molecule is COc1cc(C(C)=O)c([N+](=O)[O-])cc1OCCCC(=O)ON1C(=O)CCC1=O. The monoisotopic (exact) mass is 394 g/mol. The summed E-state index contributed by atoms with van der Waals surface area (Å²) in [6, 6.07) is 2.30. The van der Waals surface area contributed by atoms with Gasteiger partial charge in [0.1, 0.15) is 0 Å². The summed E-state index contributed by atoms with van der Waals surface area (Å²) in [5.41, 5.74) is -0.536. The van der Waals surface area contributed by atoms with Gasteiger partial charge in [-0.2, -0.15) is 0 Å². The number of carbonyl (C=O) groups excluding carboxylic acids is 4. The molecule has 2 rings (SSSR count). The first-order valence-electron chi connectivity index (χ1n) is 8.31. The summed E-state index contributed by atoms with van der Waals surface area (Å²) >= 11 is 0. The Hall–Kier alpha value is -3.50. The molecule has 0 aliphatic carbocycles. The Morgan fingerprint density at radius 1 is 1.18 bits per heavy atom. The molecule has 11 heteroatoms. The number of ketones is 1. The van der Waals surface area contributed by atoms with Crippen LogP contribution in [0, 0.1) is 10.1 Å². The predicted molar refractivity (Wildman–Crippen MR) is 91.6 cm³/mol. The summed E-state index contributed by atoms with van der Waals surface area (Å²) in [6.45, 7) is 1.17. The van der Waals surface area contributed by atoms with Gasteiger partial charge in [0.15, 0.2) is 17.3 Å². The van der Waals surface area contributed by atoms with Gasteiger partial charge in [-0.3, -0.25) is 24.5 Å². The number of hydrogen-bond acceptors (Lipinski definition) is 9. The van der Waals surface area contributed by atoms with E-state index in [0.717, 1.165) is 6.07 Å². The van der Waals surface area contributed by atoms with E-state index in [1.807, 2.05) is 0 Å². The van der Waals surface area contributed by atoms with E-state index >= 15 is 0 Å². The van der Waals surface area contributed by atoms with Crippen molar-refractivity contribution in [1.29, 1.82) is 0 Å². The first-order valence-corrected chi connectivity index (χ1v) is 8.31. The number of benzene rings is 1. The second-order valence-electron chi connectivity index (χ2n) is 5.83. The quantitative estimate of drug-likeness (QED) is 0.200. The molecule has 11 nitrogen and oxygen atoms in total. The van der Waals surface area contributed by atoms with Crippen molar-refractivity contribution in [3.63, 3.8) is 0 Å². The van der Waals surface area contributed by atoms with Crippen LogP contribution in [-0.2, 0) is 19.2 Å². The fraction of sp³-hybridized carbons (Fsp3) is 0.412. The van der Waals surface area contributed by atoms with Crippen molar-refractivity contribution >= 4 is 29.3 Å². The topological polar surface area (TPSA) is 142 Å². The van der Waals surface area contributed by atoms with Gasteiger partial charge < -0.3 is 14.3 Å². The number of ether oxygens (including phenoxy) is 2. The Bertz CT molecular complexity index is 818. The number of methoxy groups -OCH3 is 1. The highest BCUT2D eigenvalue weighted by Crippen LogP contribution is 2.35. The van der Waals surface area contributed by atoms with Gasteiger partial charge in [0.25, 0.3) is 17.5 Å². The van der Waals surface area contributed by atoms with E-state index in [4.69, 9.17) is 14.3 Å². The highest BCUT2D eigenvalue weighted by atomic mass is 16.7. The summed E-state index contributed by atoms with van der Waals surface area (Å²) in [5, 5.41) is 11.6. The molecule has 0 radical (unpaired) electrons. The molecule has 1 aliphatic heterocycles. The van der Waals surface area contributed by atoms with Gasteiger partial charge in [0.05, 0.1) is 36.7 Å². The van der Waals surface area contributed by atoms with Gasteiger partial charge in [0.2, 0.25) is 0 Å². The second-order valence-corrected chi connectivity index (χ2v) is 5.83. The minimum absolute atomic E-state index is 0.00402. The number of rotatable bonds is 9. The summed E-state index contributed by atoms with van der Waals surface area (Å²) in [6.07, 6.45) is 0.0155. The molecule has 1 heterocycles. The standard InChI is InChI=1S/C17H18N2O9/c1-10(20)11-8-13(26-2)14(9-12(11)19(24)25)27-7-3-4-17(23)28-18-15(21)5-6-16(18)22/h8-9H,3-7H2,1-2H3. The van der Waals surface area contributed by atoms with Crippen LogP contribution in [0.5, 0.6) is 11.5 Å². The molecule has 0 unspecified atom stereocenters. The number of nitro benzene ring substituents is 1. The van der Waals surface area contributed by atoms with Crippen LogP contribution in [0.1, 0.15) is 43.0 Å². The molecule has 2 amide bonds. The van der Waals surface area contributed by atoms with Crippen LogP contribution in [0.25, 0.3) is 0 Å². The third-order valence-electron chi connectivity index (χ3n) is 3.84. The molecule has 28 heavy (non-hydrogen) atoms. The Balaban J connectivity index is 1.95. The lowest BCUT2D eigenvalue weighted by atomic mass is 10.1. The smallest absolute Gasteiger partial charge is 0.333 e. The molecule has 0 spiro atoms. The van der Waals surface area contributed by atoms with E-state index in [1.54, 1.807) is 0 Å². The van der Waals surface area contributed by atoms with E-state index in [2.05, 4.69) is 0 Å². The van der Waals surface area contributed by atoms with Gasteiger partial charge in [-0.05, 0) is 13.3 Å². The highest BCUT2D eigenvalue weighted by molar-refractivity contribution is 6.01. The van der Waals surface area contributed by atoms with Crippen LogP contribution in [0.4, 0.5) is 5.69 Å². The van der Waals surface area contributed by atoms with Gasteiger partial charge >= 0.3 is 5.97 Å². The number of hydroxylamine groups is 2. The van der Waals surface area contributed by atoms with E-state index in [-0.39, 0.29) is 49.4 Å². The number of carbonyl (C=O) groups is 4. The average Bonchev–Trinajstić information content (AvgIpc) is 2.96. The summed E-state index contributed by atoms with van der Waals surface area (Å²) in [7, 11) is 1.32. The zero-order valence-corrected chi connectivity index (χ0v) is 15.3. The van der Waals surface area contributed by atoms with E-state index in [1.165, 1.54) is 20.1 Å². The molecule has 0 atom stereocenters. The fourth-order valence-electron chi connectivity index (χ4n) is 2.46. The van der Waals surface area contributed by atoms with Crippen LogP contribution in [0.2, 0.25) is 0 Å². The molecular weight excluding hydrogens is 376 g/mol. The Morgan fingerprint density at radius 3 is 2.36 bits per heavy atom. The molecule has 0 aromatic heterocycles. The Kier molecular flexibility index (Phi) is 6.64. The first-order chi connectivity index (χ1) is 13.2. The lowest BCUT2D eigenvalue weighted by Gasteiger charge is -2.13. The van der Waals surface area contributed by atoms with E-state index in [9.17, 15) is 29.3 Å². The minimum atomic E-state index is -0.780. The Morgan fingerprint density at radius 2 is 1.82 bits per heavy atom. The highest BCUT2D eigenvalue weighted by Gasteiger charge is 2.32. The van der Waals surface area contributed by atoms with Crippen molar-refractivity contribution in [3.8, 4) is 11.5 Å². The molecule has 0 N–H and O–H groups in total. The first kappa shape index (κ1) is 20.8. The number of hydrogen-bond donors (Lipinski definition) is 0. The average molecular weight is 394 g/mol. The third-order valence-corrected chi connectivity index (χ3v) is 3.84. The maximum Gasteiger partial charge on any atom is 0.333 e. The minimum Gasteiger partial charge on any atom is -0.493 e. The van der Waals surface area contributed by atoms with Crippen molar-refractivity contribution in [2.45, 2.75) is 32.6 Å². The lowest BCUT2D eigenvalue weighted by molar-refractivity contribution is -0.385. The third kappa shape index (κ3) is 4.81. The molecular formula is C17H18N2O9. The zero-order valence-electron chi connectivity index (χ0n) is 15.3. The van der Waals surface area contributed by atoms with Crippen LogP contribution < -0.4 is 9.47 Å². The van der Waals surface area contributed by atoms with Crippen molar-refractivity contribution in [3.05, 3.63) is 27.8 Å². The maximum atomic E-state index is 11.7. The molecule has 1 aromatic rings. The molecule has 1 aromatic carbocycles. The van der Waals surface area contributed by atoms with Crippen molar-refractivity contribution < 1.29 is 38.4 Å². The fourth-order valence-corrected chi connectivity index (χ4v) is 2.46. The summed E-state index contributed by atoms with van der Waals surface area (Å²) in [4.78, 5) is 61.2. The van der Waals surface area contributed by atoms with E-state index < -0.39 is 34.2 Å². The summed E-state index contributed by atoms with van der Waals surface area (Å²) < 4.78 is 10.5.